The van der Waals surface area contributed by atoms with Crippen molar-refractivity contribution in [3.63, 3.8) is 0 Å². The molecule has 0 spiro atoms. The summed E-state index contributed by atoms with van der Waals surface area (Å²) in [7, 11) is 0. The third kappa shape index (κ3) is 2.77. The first-order valence-electron chi connectivity index (χ1n) is 5.05. The molecule has 0 aliphatic heterocycles. The SMILES string of the molecule is Cc1ccc(N)cc1Sc1ccc(F)cc1F. The number of nitrogens with two attached hydrogens (primary N) is 1. The molecule has 0 saturated carbocycles. The van der Waals surface area contributed by atoms with E-state index in [1.54, 1.807) is 12.1 Å². The Kier molecular flexibility index (Phi) is 3.33. The first kappa shape index (κ1) is 11.9. The molecule has 0 saturated heterocycles. The first-order chi connectivity index (χ1) is 8.06. The molecular weight excluding hydrogens is 240 g/mol. The summed E-state index contributed by atoms with van der Waals surface area (Å²) in [6, 6.07) is 9.00. The van der Waals surface area contributed by atoms with Crippen LogP contribution in [0.5, 0.6) is 0 Å². The van der Waals surface area contributed by atoms with Crippen molar-refractivity contribution in [2.24, 2.45) is 0 Å². The number of hydrogen-bond donors (Lipinski definition) is 1. The van der Waals surface area contributed by atoms with Crippen LogP contribution in [0, 0.1) is 18.6 Å². The lowest BCUT2D eigenvalue weighted by Crippen LogP contribution is -1.89. The van der Waals surface area contributed by atoms with Gasteiger partial charge in [0.05, 0.1) is 0 Å². The van der Waals surface area contributed by atoms with E-state index in [0.717, 1.165) is 16.5 Å². The van der Waals surface area contributed by atoms with E-state index in [9.17, 15) is 8.78 Å². The molecule has 0 aromatic heterocycles. The number of benzene rings is 2. The van der Waals surface area contributed by atoms with E-state index < -0.39 is 11.6 Å². The standard InChI is InChI=1S/C13H11F2NS/c1-8-2-4-10(16)7-13(8)17-12-5-3-9(14)6-11(12)15/h2-7H,16H2,1H3. The number of aryl methyl sites for hydroxylation is 1. The number of anilines is 1. The van der Waals surface area contributed by atoms with Gasteiger partial charge in [-0.2, -0.15) is 0 Å². The number of rotatable bonds is 2. The molecule has 88 valence electrons. The highest BCUT2D eigenvalue weighted by Crippen LogP contribution is 2.33. The molecule has 1 nitrogen and oxygen atoms in total. The first-order valence-corrected chi connectivity index (χ1v) is 5.87. The van der Waals surface area contributed by atoms with Gasteiger partial charge in [0, 0.05) is 21.5 Å². The Morgan fingerprint density at radius 2 is 1.76 bits per heavy atom. The summed E-state index contributed by atoms with van der Waals surface area (Å²) in [6.45, 7) is 1.92. The molecule has 0 aliphatic rings. The number of halogens is 2. The second kappa shape index (κ2) is 4.75. The number of hydrogen-bond acceptors (Lipinski definition) is 2. The van der Waals surface area contributed by atoms with Crippen molar-refractivity contribution >= 4 is 17.4 Å². The van der Waals surface area contributed by atoms with Crippen molar-refractivity contribution in [1.29, 1.82) is 0 Å². The Hall–Kier alpha value is -1.55. The second-order valence-corrected chi connectivity index (χ2v) is 4.79. The lowest BCUT2D eigenvalue weighted by molar-refractivity contribution is 0.565. The van der Waals surface area contributed by atoms with Crippen molar-refractivity contribution in [3.05, 3.63) is 53.6 Å². The van der Waals surface area contributed by atoms with Crippen LogP contribution in [0.2, 0.25) is 0 Å². The largest absolute Gasteiger partial charge is 0.399 e. The molecular formula is C13H11F2NS. The molecule has 2 N–H and O–H groups in total. The molecule has 0 radical (unpaired) electrons. The highest BCUT2D eigenvalue weighted by atomic mass is 32.2. The quantitative estimate of drug-likeness (QED) is 0.816. The monoisotopic (exact) mass is 251 g/mol. The smallest absolute Gasteiger partial charge is 0.140 e. The van der Waals surface area contributed by atoms with Crippen molar-refractivity contribution in [1.82, 2.24) is 0 Å². The van der Waals surface area contributed by atoms with Gasteiger partial charge in [-0.1, -0.05) is 17.8 Å². The van der Waals surface area contributed by atoms with Gasteiger partial charge in [0.25, 0.3) is 0 Å². The molecule has 2 aromatic carbocycles. The topological polar surface area (TPSA) is 26.0 Å². The minimum Gasteiger partial charge on any atom is -0.399 e. The zero-order valence-electron chi connectivity index (χ0n) is 9.21. The Bertz CT molecular complexity index is 555. The molecule has 0 bridgehead atoms. The summed E-state index contributed by atoms with van der Waals surface area (Å²) in [5.74, 6) is -1.13. The van der Waals surface area contributed by atoms with Crippen LogP contribution in [0.25, 0.3) is 0 Å². The normalized spacial score (nSPS) is 10.5. The maximum absolute atomic E-state index is 13.5. The van der Waals surface area contributed by atoms with Gasteiger partial charge in [0.15, 0.2) is 0 Å². The third-order valence-corrected chi connectivity index (χ3v) is 3.54. The van der Waals surface area contributed by atoms with E-state index in [-0.39, 0.29) is 0 Å². The molecule has 0 fully saturated rings. The van der Waals surface area contributed by atoms with Gasteiger partial charge >= 0.3 is 0 Å². The van der Waals surface area contributed by atoms with Crippen molar-refractivity contribution < 1.29 is 8.78 Å². The fourth-order valence-electron chi connectivity index (χ4n) is 1.40. The summed E-state index contributed by atoms with van der Waals surface area (Å²) in [4.78, 5) is 1.26. The molecule has 0 unspecified atom stereocenters. The molecule has 2 rings (SSSR count). The molecule has 17 heavy (non-hydrogen) atoms. The minimum absolute atomic E-state index is 0.389. The fourth-order valence-corrected chi connectivity index (χ4v) is 2.36. The Labute approximate surface area is 103 Å². The predicted molar refractivity (Wildman–Crippen MR) is 66.1 cm³/mol. The van der Waals surface area contributed by atoms with Crippen LogP contribution in [0.1, 0.15) is 5.56 Å². The van der Waals surface area contributed by atoms with E-state index in [1.807, 2.05) is 13.0 Å². The van der Waals surface area contributed by atoms with Gasteiger partial charge in [0.2, 0.25) is 0 Å². The summed E-state index contributed by atoms with van der Waals surface area (Å²) >= 11 is 1.24. The van der Waals surface area contributed by atoms with Crippen LogP contribution in [-0.2, 0) is 0 Å². The van der Waals surface area contributed by atoms with Gasteiger partial charge in [0.1, 0.15) is 11.6 Å². The second-order valence-electron chi connectivity index (χ2n) is 3.70. The van der Waals surface area contributed by atoms with Gasteiger partial charge in [-0.3, -0.25) is 0 Å². The van der Waals surface area contributed by atoms with Crippen LogP contribution in [0.4, 0.5) is 14.5 Å². The van der Waals surface area contributed by atoms with Crippen LogP contribution < -0.4 is 5.73 Å². The fraction of sp³-hybridized carbons (Fsp3) is 0.0769. The van der Waals surface area contributed by atoms with Crippen LogP contribution in [-0.4, -0.2) is 0 Å². The third-order valence-electron chi connectivity index (χ3n) is 2.33. The van der Waals surface area contributed by atoms with Crippen molar-refractivity contribution in [3.8, 4) is 0 Å². The lowest BCUT2D eigenvalue weighted by atomic mass is 10.2. The maximum atomic E-state index is 13.5. The van der Waals surface area contributed by atoms with Crippen LogP contribution >= 0.6 is 11.8 Å². The molecule has 2 aromatic rings. The summed E-state index contributed by atoms with van der Waals surface area (Å²) in [5, 5.41) is 0. The van der Waals surface area contributed by atoms with E-state index in [2.05, 4.69) is 0 Å². The van der Waals surface area contributed by atoms with Crippen LogP contribution in [0.15, 0.2) is 46.2 Å². The predicted octanol–water partition coefficient (Wildman–Crippen LogP) is 4.01. The van der Waals surface area contributed by atoms with Crippen molar-refractivity contribution in [2.45, 2.75) is 16.7 Å². The van der Waals surface area contributed by atoms with Crippen molar-refractivity contribution in [2.75, 3.05) is 5.73 Å². The zero-order chi connectivity index (χ0) is 12.4. The van der Waals surface area contributed by atoms with E-state index in [1.165, 1.54) is 23.9 Å². The zero-order valence-corrected chi connectivity index (χ0v) is 10.0. The average Bonchev–Trinajstić information content (AvgIpc) is 2.27. The summed E-state index contributed by atoms with van der Waals surface area (Å²) < 4.78 is 26.2. The van der Waals surface area contributed by atoms with E-state index in [0.29, 0.717) is 10.6 Å². The minimum atomic E-state index is -0.573. The Morgan fingerprint density at radius 3 is 2.47 bits per heavy atom. The van der Waals surface area contributed by atoms with Gasteiger partial charge < -0.3 is 5.73 Å². The van der Waals surface area contributed by atoms with E-state index >= 15 is 0 Å². The molecule has 0 heterocycles. The highest BCUT2D eigenvalue weighted by Gasteiger charge is 2.07. The van der Waals surface area contributed by atoms with Gasteiger partial charge in [-0.25, -0.2) is 8.78 Å². The number of nitrogen functional groups attached to an aromatic ring is 1. The Balaban J connectivity index is 2.34. The summed E-state index contributed by atoms with van der Waals surface area (Å²) in [6.07, 6.45) is 0. The maximum Gasteiger partial charge on any atom is 0.140 e. The van der Waals surface area contributed by atoms with Crippen LogP contribution in [0.3, 0.4) is 0 Å². The molecule has 0 atom stereocenters. The van der Waals surface area contributed by atoms with Gasteiger partial charge in [-0.05, 0) is 36.8 Å². The highest BCUT2D eigenvalue weighted by molar-refractivity contribution is 7.99. The lowest BCUT2D eigenvalue weighted by Gasteiger charge is -2.07. The average molecular weight is 251 g/mol. The Morgan fingerprint density at radius 1 is 1.00 bits per heavy atom. The summed E-state index contributed by atoms with van der Waals surface area (Å²) in [5.41, 5.74) is 7.31. The van der Waals surface area contributed by atoms with E-state index in [4.69, 9.17) is 5.73 Å². The molecule has 4 heteroatoms. The molecule has 0 amide bonds. The molecule has 0 aliphatic carbocycles. The van der Waals surface area contributed by atoms with Gasteiger partial charge in [-0.15, -0.1) is 0 Å².